The van der Waals surface area contributed by atoms with Crippen LogP contribution >= 0.6 is 46.9 Å². The van der Waals surface area contributed by atoms with Gasteiger partial charge in [-0.1, -0.05) is 23.7 Å². The summed E-state index contributed by atoms with van der Waals surface area (Å²) < 4.78 is 0. The Balaban J connectivity index is 0.00000220. The van der Waals surface area contributed by atoms with Crippen LogP contribution in [0.4, 0.5) is 0 Å². The fraction of sp³-hybridized carbons (Fsp3) is 0.267. The highest BCUT2D eigenvalue weighted by Gasteiger charge is 2.00. The van der Waals surface area contributed by atoms with Gasteiger partial charge in [-0.25, -0.2) is 0 Å². The van der Waals surface area contributed by atoms with Gasteiger partial charge in [0.15, 0.2) is 5.96 Å². The van der Waals surface area contributed by atoms with Crippen LogP contribution < -0.4 is 10.6 Å². The Morgan fingerprint density at radius 2 is 1.76 bits per heavy atom. The number of hydrogen-bond acceptors (Lipinski definition) is 2. The number of halogens is 2. The topological polar surface area (TPSA) is 36.4 Å². The normalized spacial score (nSPS) is 10.9. The summed E-state index contributed by atoms with van der Waals surface area (Å²) in [6.07, 6.45) is 0. The minimum Gasteiger partial charge on any atom is -0.352 e. The highest BCUT2D eigenvalue weighted by Crippen LogP contribution is 2.14. The Bertz CT molecular complexity index is 581. The van der Waals surface area contributed by atoms with Crippen molar-refractivity contribution in [1.82, 2.24) is 10.6 Å². The molecule has 1 heterocycles. The molecule has 1 aromatic heterocycles. The van der Waals surface area contributed by atoms with E-state index in [2.05, 4.69) is 34.7 Å². The second kappa shape index (κ2) is 9.27. The van der Waals surface area contributed by atoms with Gasteiger partial charge < -0.3 is 10.6 Å². The van der Waals surface area contributed by atoms with Crippen molar-refractivity contribution in [2.24, 2.45) is 4.99 Å². The Morgan fingerprint density at radius 3 is 2.33 bits per heavy atom. The van der Waals surface area contributed by atoms with E-state index in [9.17, 15) is 0 Å². The van der Waals surface area contributed by atoms with Crippen LogP contribution in [0.3, 0.4) is 0 Å². The number of hydrogen-bond donors (Lipinski definition) is 2. The molecule has 2 N–H and O–H groups in total. The number of thiophene rings is 1. The third kappa shape index (κ3) is 6.23. The van der Waals surface area contributed by atoms with Crippen LogP contribution in [-0.4, -0.2) is 13.0 Å². The number of benzene rings is 1. The monoisotopic (exact) mass is 435 g/mol. The SMILES string of the molecule is CN=C(NCc1ccc(Cl)cc1)NCc1ccc(C)s1.I. The molecule has 0 spiro atoms. The van der Waals surface area contributed by atoms with E-state index >= 15 is 0 Å². The summed E-state index contributed by atoms with van der Waals surface area (Å²) in [7, 11) is 1.77. The first-order valence-corrected chi connectivity index (χ1v) is 7.61. The second-order valence-electron chi connectivity index (χ2n) is 4.42. The molecule has 2 aromatic rings. The van der Waals surface area contributed by atoms with Gasteiger partial charge in [0.05, 0.1) is 6.54 Å². The number of nitrogens with one attached hydrogen (secondary N) is 2. The number of aryl methyl sites for hydroxylation is 1. The van der Waals surface area contributed by atoms with Crippen LogP contribution in [0.25, 0.3) is 0 Å². The number of aliphatic imine (C=N–C) groups is 1. The molecule has 0 aliphatic carbocycles. The maximum atomic E-state index is 5.87. The molecule has 0 radical (unpaired) electrons. The lowest BCUT2D eigenvalue weighted by molar-refractivity contribution is 0.815. The first-order chi connectivity index (χ1) is 9.67. The van der Waals surface area contributed by atoms with E-state index in [1.807, 2.05) is 24.3 Å². The van der Waals surface area contributed by atoms with E-state index in [-0.39, 0.29) is 24.0 Å². The summed E-state index contributed by atoms with van der Waals surface area (Å²) in [4.78, 5) is 6.84. The van der Waals surface area contributed by atoms with Crippen molar-refractivity contribution >= 4 is 52.9 Å². The van der Waals surface area contributed by atoms with Gasteiger partial charge in [-0.05, 0) is 36.8 Å². The fourth-order valence-corrected chi connectivity index (χ4v) is 2.72. The average Bonchev–Trinajstić information content (AvgIpc) is 2.87. The van der Waals surface area contributed by atoms with Crippen LogP contribution in [0, 0.1) is 6.92 Å². The van der Waals surface area contributed by atoms with Crippen LogP contribution in [0.15, 0.2) is 41.4 Å². The lowest BCUT2D eigenvalue weighted by Crippen LogP contribution is -2.36. The molecule has 0 aliphatic heterocycles. The summed E-state index contributed by atoms with van der Waals surface area (Å²) in [6.45, 7) is 3.63. The zero-order chi connectivity index (χ0) is 14.4. The van der Waals surface area contributed by atoms with Gasteiger partial charge in [-0.15, -0.1) is 35.3 Å². The van der Waals surface area contributed by atoms with Gasteiger partial charge in [0, 0.05) is 28.4 Å². The second-order valence-corrected chi connectivity index (χ2v) is 6.23. The van der Waals surface area contributed by atoms with Crippen molar-refractivity contribution in [2.75, 3.05) is 7.05 Å². The quantitative estimate of drug-likeness (QED) is 0.429. The molecule has 0 atom stereocenters. The lowest BCUT2D eigenvalue weighted by Gasteiger charge is -2.11. The Kier molecular flexibility index (Phi) is 8.06. The first kappa shape index (κ1) is 18.3. The predicted octanol–water partition coefficient (Wildman–Crippen LogP) is 4.19. The Morgan fingerprint density at radius 1 is 1.10 bits per heavy atom. The molecule has 6 heteroatoms. The van der Waals surface area contributed by atoms with Crippen molar-refractivity contribution in [3.8, 4) is 0 Å². The van der Waals surface area contributed by atoms with Crippen LogP contribution in [0.2, 0.25) is 5.02 Å². The van der Waals surface area contributed by atoms with Crippen molar-refractivity contribution in [1.29, 1.82) is 0 Å². The summed E-state index contributed by atoms with van der Waals surface area (Å²) in [5.41, 5.74) is 1.17. The Hall–Kier alpha value is -0.790. The maximum Gasteiger partial charge on any atom is 0.191 e. The van der Waals surface area contributed by atoms with E-state index in [0.717, 1.165) is 24.1 Å². The summed E-state index contributed by atoms with van der Waals surface area (Å²) >= 11 is 7.66. The molecule has 0 amide bonds. The van der Waals surface area contributed by atoms with Gasteiger partial charge in [0.1, 0.15) is 0 Å². The molecule has 1 aromatic carbocycles. The van der Waals surface area contributed by atoms with Gasteiger partial charge in [-0.2, -0.15) is 0 Å². The third-order valence-corrected chi connectivity index (χ3v) is 4.08. The van der Waals surface area contributed by atoms with Crippen LogP contribution in [-0.2, 0) is 13.1 Å². The molecule has 0 saturated carbocycles. The van der Waals surface area contributed by atoms with E-state index < -0.39 is 0 Å². The summed E-state index contributed by atoms with van der Waals surface area (Å²) in [5.74, 6) is 0.797. The highest BCUT2D eigenvalue weighted by molar-refractivity contribution is 14.0. The minimum absolute atomic E-state index is 0. The van der Waals surface area contributed by atoms with Gasteiger partial charge in [0.25, 0.3) is 0 Å². The molecule has 114 valence electrons. The summed E-state index contributed by atoms with van der Waals surface area (Å²) in [5, 5.41) is 7.34. The largest absolute Gasteiger partial charge is 0.352 e. The van der Waals surface area contributed by atoms with Crippen LogP contribution in [0.5, 0.6) is 0 Å². The Labute approximate surface area is 151 Å². The number of guanidine groups is 1. The first-order valence-electron chi connectivity index (χ1n) is 6.41. The van der Waals surface area contributed by atoms with Gasteiger partial charge in [0.2, 0.25) is 0 Å². The molecule has 0 aliphatic rings. The molecule has 2 rings (SSSR count). The van der Waals surface area contributed by atoms with Gasteiger partial charge in [-0.3, -0.25) is 4.99 Å². The molecular formula is C15H19ClIN3S. The third-order valence-electron chi connectivity index (χ3n) is 2.82. The molecular weight excluding hydrogens is 417 g/mol. The standard InChI is InChI=1S/C15H18ClN3S.HI/c1-11-3-8-14(20-11)10-19-15(17-2)18-9-12-4-6-13(16)7-5-12;/h3-8H,9-10H2,1-2H3,(H2,17,18,19);1H. The molecule has 0 unspecified atom stereocenters. The maximum absolute atomic E-state index is 5.87. The van der Waals surface area contributed by atoms with Gasteiger partial charge >= 0.3 is 0 Å². The summed E-state index contributed by atoms with van der Waals surface area (Å²) in [6, 6.07) is 12.1. The van der Waals surface area contributed by atoms with Crippen molar-refractivity contribution < 1.29 is 0 Å². The van der Waals surface area contributed by atoms with Crippen molar-refractivity contribution in [3.63, 3.8) is 0 Å². The molecule has 0 bridgehead atoms. The predicted molar refractivity (Wildman–Crippen MR) is 103 cm³/mol. The van der Waals surface area contributed by atoms with E-state index in [1.54, 1.807) is 18.4 Å². The van der Waals surface area contributed by atoms with Crippen molar-refractivity contribution in [3.05, 3.63) is 56.7 Å². The molecule has 21 heavy (non-hydrogen) atoms. The minimum atomic E-state index is 0. The van der Waals surface area contributed by atoms with E-state index in [4.69, 9.17) is 11.6 Å². The number of nitrogens with zero attached hydrogens (tertiary/aromatic N) is 1. The van der Waals surface area contributed by atoms with E-state index in [1.165, 1.54) is 15.3 Å². The molecule has 3 nitrogen and oxygen atoms in total. The molecule has 0 fully saturated rings. The average molecular weight is 436 g/mol. The number of rotatable bonds is 4. The smallest absolute Gasteiger partial charge is 0.191 e. The zero-order valence-corrected chi connectivity index (χ0v) is 15.9. The molecule has 0 saturated heterocycles. The highest BCUT2D eigenvalue weighted by atomic mass is 127. The van der Waals surface area contributed by atoms with Crippen LogP contribution in [0.1, 0.15) is 15.3 Å². The van der Waals surface area contributed by atoms with E-state index in [0.29, 0.717) is 0 Å². The fourth-order valence-electron chi connectivity index (χ4n) is 1.76. The lowest BCUT2D eigenvalue weighted by atomic mass is 10.2. The zero-order valence-electron chi connectivity index (χ0n) is 12.0. The van der Waals surface area contributed by atoms with Crippen molar-refractivity contribution in [2.45, 2.75) is 20.0 Å².